The van der Waals surface area contributed by atoms with E-state index in [1.807, 2.05) is 0 Å². The molecule has 2 unspecified atom stereocenters. The summed E-state index contributed by atoms with van der Waals surface area (Å²) in [4.78, 5) is 12.5. The average molecular weight is 461 g/mol. The molecule has 0 aliphatic carbocycles. The van der Waals surface area contributed by atoms with Crippen LogP contribution in [-0.2, 0) is 4.79 Å². The summed E-state index contributed by atoms with van der Waals surface area (Å²) in [5.74, 6) is 1.40. The van der Waals surface area contributed by atoms with Crippen LogP contribution in [0.3, 0.4) is 0 Å². The van der Waals surface area contributed by atoms with Crippen molar-refractivity contribution in [1.82, 2.24) is 0 Å². The third kappa shape index (κ3) is 19.2. The standard InChI is InChI=1S/C32H60O/c1-8-9-10-11-12-13-14-15-24-32(27-33,25-22-30(6)20-16-18-28(2)3)26-23-31(7)21-17-19-29(4)5/h18-19,27,30-31H,8-17,20-26H2,1-7H3. The van der Waals surface area contributed by atoms with Gasteiger partial charge in [0.05, 0.1) is 0 Å². The first kappa shape index (κ1) is 32.1. The van der Waals surface area contributed by atoms with Gasteiger partial charge in [0, 0.05) is 5.41 Å². The zero-order valence-corrected chi connectivity index (χ0v) is 23.8. The van der Waals surface area contributed by atoms with E-state index in [4.69, 9.17) is 0 Å². The molecule has 0 saturated carbocycles. The maximum absolute atomic E-state index is 12.5. The Hall–Kier alpha value is -0.850. The molecule has 0 saturated heterocycles. The van der Waals surface area contributed by atoms with Crippen LogP contribution in [0.5, 0.6) is 0 Å². The number of rotatable bonds is 22. The van der Waals surface area contributed by atoms with Gasteiger partial charge in [-0.1, -0.05) is 95.4 Å². The summed E-state index contributed by atoms with van der Waals surface area (Å²) >= 11 is 0. The quantitative estimate of drug-likeness (QED) is 0.0891. The predicted octanol–water partition coefficient (Wildman–Crippen LogP) is 11.0. The second kappa shape index (κ2) is 20.5. The lowest BCUT2D eigenvalue weighted by Gasteiger charge is -2.31. The molecule has 0 N–H and O–H groups in total. The minimum absolute atomic E-state index is 0.0856. The second-order valence-corrected chi connectivity index (χ2v) is 11.7. The SMILES string of the molecule is CCCCCCCCCCC(C=O)(CCC(C)CCC=C(C)C)CCC(C)CCC=C(C)C. The summed E-state index contributed by atoms with van der Waals surface area (Å²) in [6.07, 6.45) is 27.3. The van der Waals surface area contributed by atoms with Crippen molar-refractivity contribution in [3.63, 3.8) is 0 Å². The van der Waals surface area contributed by atoms with E-state index in [9.17, 15) is 4.79 Å². The Labute approximate surface area is 209 Å². The number of unbranched alkanes of at least 4 members (excludes halogenated alkanes) is 7. The van der Waals surface area contributed by atoms with Crippen molar-refractivity contribution in [2.45, 2.75) is 158 Å². The molecule has 0 fully saturated rings. The van der Waals surface area contributed by atoms with Gasteiger partial charge in [-0.05, 0) is 97.3 Å². The first-order valence-corrected chi connectivity index (χ1v) is 14.5. The minimum atomic E-state index is -0.0856. The van der Waals surface area contributed by atoms with Gasteiger partial charge < -0.3 is 4.79 Å². The van der Waals surface area contributed by atoms with Gasteiger partial charge in [0.25, 0.3) is 0 Å². The highest BCUT2D eigenvalue weighted by Crippen LogP contribution is 2.37. The molecule has 0 aliphatic heterocycles. The molecule has 0 aromatic heterocycles. The summed E-state index contributed by atoms with van der Waals surface area (Å²) < 4.78 is 0. The molecule has 0 aromatic rings. The van der Waals surface area contributed by atoms with Crippen LogP contribution >= 0.6 is 0 Å². The van der Waals surface area contributed by atoms with Crippen molar-refractivity contribution in [2.75, 3.05) is 0 Å². The van der Waals surface area contributed by atoms with Crippen LogP contribution < -0.4 is 0 Å². The van der Waals surface area contributed by atoms with E-state index >= 15 is 0 Å². The van der Waals surface area contributed by atoms with Gasteiger partial charge in [-0.3, -0.25) is 0 Å². The molecular formula is C32H60O. The van der Waals surface area contributed by atoms with Crippen molar-refractivity contribution in [3.8, 4) is 0 Å². The fourth-order valence-electron chi connectivity index (χ4n) is 4.83. The number of aldehydes is 1. The molecule has 0 radical (unpaired) electrons. The first-order chi connectivity index (χ1) is 15.7. The van der Waals surface area contributed by atoms with Gasteiger partial charge in [-0.25, -0.2) is 0 Å². The molecule has 194 valence electrons. The molecular weight excluding hydrogens is 400 g/mol. The predicted molar refractivity (Wildman–Crippen MR) is 150 cm³/mol. The number of hydrogen-bond acceptors (Lipinski definition) is 1. The lowest BCUT2D eigenvalue weighted by Crippen LogP contribution is -2.25. The van der Waals surface area contributed by atoms with Crippen molar-refractivity contribution in [3.05, 3.63) is 23.3 Å². The van der Waals surface area contributed by atoms with Gasteiger partial charge in [0.15, 0.2) is 0 Å². The highest BCUT2D eigenvalue weighted by Gasteiger charge is 2.29. The number of hydrogen-bond donors (Lipinski definition) is 0. The molecule has 1 nitrogen and oxygen atoms in total. The molecule has 0 spiro atoms. The van der Waals surface area contributed by atoms with Gasteiger partial charge in [0.1, 0.15) is 6.29 Å². The largest absolute Gasteiger partial charge is 0.303 e. The highest BCUT2D eigenvalue weighted by atomic mass is 16.1. The maximum Gasteiger partial charge on any atom is 0.126 e. The van der Waals surface area contributed by atoms with Crippen molar-refractivity contribution in [2.24, 2.45) is 17.3 Å². The Bertz CT molecular complexity index is 487. The first-order valence-electron chi connectivity index (χ1n) is 14.5. The Morgan fingerprint density at radius 2 is 1.06 bits per heavy atom. The molecule has 0 amide bonds. The molecule has 0 rings (SSSR count). The van der Waals surface area contributed by atoms with Crippen LogP contribution in [0.25, 0.3) is 0 Å². The van der Waals surface area contributed by atoms with Crippen LogP contribution in [-0.4, -0.2) is 6.29 Å². The van der Waals surface area contributed by atoms with Crippen molar-refractivity contribution >= 4 is 6.29 Å². The van der Waals surface area contributed by atoms with E-state index in [0.29, 0.717) is 11.8 Å². The molecule has 33 heavy (non-hydrogen) atoms. The molecule has 0 aliphatic rings. The van der Waals surface area contributed by atoms with Crippen LogP contribution in [0, 0.1) is 17.3 Å². The van der Waals surface area contributed by atoms with E-state index in [-0.39, 0.29) is 5.41 Å². The van der Waals surface area contributed by atoms with E-state index < -0.39 is 0 Å². The normalized spacial score (nSPS) is 14.9. The van der Waals surface area contributed by atoms with E-state index in [0.717, 1.165) is 19.3 Å². The smallest absolute Gasteiger partial charge is 0.126 e. The average Bonchev–Trinajstić information content (AvgIpc) is 2.76. The minimum Gasteiger partial charge on any atom is -0.303 e. The molecule has 1 heteroatoms. The van der Waals surface area contributed by atoms with E-state index in [2.05, 4.69) is 60.6 Å². The van der Waals surface area contributed by atoms with E-state index in [1.54, 1.807) is 0 Å². The van der Waals surface area contributed by atoms with Crippen LogP contribution in [0.4, 0.5) is 0 Å². The second-order valence-electron chi connectivity index (χ2n) is 11.7. The Morgan fingerprint density at radius 1 is 0.636 bits per heavy atom. The Balaban J connectivity index is 4.72. The van der Waals surface area contributed by atoms with E-state index in [1.165, 1.54) is 107 Å². The Kier molecular flexibility index (Phi) is 20.0. The van der Waals surface area contributed by atoms with Gasteiger partial charge in [0.2, 0.25) is 0 Å². The van der Waals surface area contributed by atoms with Crippen LogP contribution in [0.2, 0.25) is 0 Å². The maximum atomic E-state index is 12.5. The fourth-order valence-corrected chi connectivity index (χ4v) is 4.83. The fraction of sp³-hybridized carbons (Fsp3) is 0.844. The molecule has 2 atom stereocenters. The number of carbonyl (C=O) groups is 1. The highest BCUT2D eigenvalue weighted by molar-refractivity contribution is 5.59. The molecule has 0 bridgehead atoms. The third-order valence-electron chi connectivity index (χ3n) is 7.47. The van der Waals surface area contributed by atoms with Crippen molar-refractivity contribution in [1.29, 1.82) is 0 Å². The van der Waals surface area contributed by atoms with Gasteiger partial charge in [-0.2, -0.15) is 0 Å². The molecule has 0 heterocycles. The zero-order chi connectivity index (χ0) is 25.0. The lowest BCUT2D eigenvalue weighted by atomic mass is 9.73. The number of carbonyl (C=O) groups excluding carboxylic acids is 1. The summed E-state index contributed by atoms with van der Waals surface area (Å²) in [5.41, 5.74) is 2.75. The van der Waals surface area contributed by atoms with Crippen LogP contribution in [0.1, 0.15) is 158 Å². The van der Waals surface area contributed by atoms with Gasteiger partial charge >= 0.3 is 0 Å². The molecule has 0 aromatic carbocycles. The summed E-state index contributed by atoms with van der Waals surface area (Å²) in [5, 5.41) is 0. The summed E-state index contributed by atoms with van der Waals surface area (Å²) in [6.45, 7) is 15.8. The summed E-state index contributed by atoms with van der Waals surface area (Å²) in [6, 6.07) is 0. The Morgan fingerprint density at radius 3 is 1.45 bits per heavy atom. The summed E-state index contributed by atoms with van der Waals surface area (Å²) in [7, 11) is 0. The van der Waals surface area contributed by atoms with Crippen molar-refractivity contribution < 1.29 is 4.79 Å². The van der Waals surface area contributed by atoms with Gasteiger partial charge in [-0.15, -0.1) is 0 Å². The van der Waals surface area contributed by atoms with Crippen LogP contribution in [0.15, 0.2) is 23.3 Å². The lowest BCUT2D eigenvalue weighted by molar-refractivity contribution is -0.117. The third-order valence-corrected chi connectivity index (χ3v) is 7.47. The monoisotopic (exact) mass is 460 g/mol. The topological polar surface area (TPSA) is 17.1 Å². The number of allylic oxidation sites excluding steroid dienone is 4. The zero-order valence-electron chi connectivity index (χ0n) is 23.8.